The van der Waals surface area contributed by atoms with Crippen LogP contribution in [-0.2, 0) is 16.1 Å². The van der Waals surface area contributed by atoms with E-state index in [0.717, 1.165) is 5.56 Å². The summed E-state index contributed by atoms with van der Waals surface area (Å²) in [4.78, 5) is 13.6. The fourth-order valence-electron chi connectivity index (χ4n) is 1.66. The van der Waals surface area contributed by atoms with Crippen LogP contribution in [0.4, 0.5) is 0 Å². The van der Waals surface area contributed by atoms with Gasteiger partial charge in [-0.3, -0.25) is 4.79 Å². The van der Waals surface area contributed by atoms with Gasteiger partial charge in [-0.25, -0.2) is 0 Å². The first kappa shape index (κ1) is 16.2. The number of amides is 1. The predicted octanol–water partition coefficient (Wildman–Crippen LogP) is 2.32. The molecule has 1 amide bonds. The van der Waals surface area contributed by atoms with Crippen molar-refractivity contribution in [2.24, 2.45) is 5.73 Å². The summed E-state index contributed by atoms with van der Waals surface area (Å²) >= 11 is 12.0. The zero-order valence-corrected chi connectivity index (χ0v) is 12.5. The van der Waals surface area contributed by atoms with Crippen LogP contribution >= 0.6 is 23.2 Å². The number of carbonyl (C=O) groups excluding carboxylic acids is 1. The van der Waals surface area contributed by atoms with Crippen LogP contribution in [0.3, 0.4) is 0 Å². The average molecular weight is 305 g/mol. The number of halogens is 2. The Hall–Kier alpha value is -0.810. The summed E-state index contributed by atoms with van der Waals surface area (Å²) in [6, 6.07) is 4.77. The van der Waals surface area contributed by atoms with Crippen molar-refractivity contribution in [3.05, 3.63) is 33.8 Å². The van der Waals surface area contributed by atoms with E-state index in [-0.39, 0.29) is 5.91 Å². The van der Waals surface area contributed by atoms with Crippen molar-refractivity contribution in [1.29, 1.82) is 0 Å². The lowest BCUT2D eigenvalue weighted by Crippen LogP contribution is -2.42. The molecule has 0 saturated carbocycles. The molecule has 19 heavy (non-hydrogen) atoms. The van der Waals surface area contributed by atoms with Crippen molar-refractivity contribution in [2.45, 2.75) is 19.0 Å². The van der Waals surface area contributed by atoms with E-state index in [1.165, 1.54) is 4.90 Å². The highest BCUT2D eigenvalue weighted by molar-refractivity contribution is 6.42. The van der Waals surface area contributed by atoms with E-state index >= 15 is 0 Å². The van der Waals surface area contributed by atoms with E-state index < -0.39 is 6.04 Å². The Morgan fingerprint density at radius 3 is 2.79 bits per heavy atom. The Morgan fingerprint density at radius 2 is 2.16 bits per heavy atom. The number of likely N-dealkylation sites (N-methyl/N-ethyl adjacent to an activating group) is 1. The Labute approximate surface area is 123 Å². The quantitative estimate of drug-likeness (QED) is 0.877. The summed E-state index contributed by atoms with van der Waals surface area (Å²) in [6.07, 6.45) is 0.489. The molecule has 1 rings (SSSR count). The number of nitrogens with two attached hydrogens (primary N) is 1. The topological polar surface area (TPSA) is 55.6 Å². The van der Waals surface area contributed by atoms with Crippen molar-refractivity contribution in [1.82, 2.24) is 4.90 Å². The molecular weight excluding hydrogens is 287 g/mol. The highest BCUT2D eigenvalue weighted by Crippen LogP contribution is 2.26. The third-order valence-corrected chi connectivity index (χ3v) is 3.62. The number of hydrogen-bond acceptors (Lipinski definition) is 3. The maximum Gasteiger partial charge on any atom is 0.239 e. The molecule has 1 atom stereocenters. The third kappa shape index (κ3) is 4.66. The van der Waals surface area contributed by atoms with Gasteiger partial charge in [0.2, 0.25) is 5.91 Å². The molecule has 0 aromatic heterocycles. The molecule has 0 radical (unpaired) electrons. The molecule has 2 N–H and O–H groups in total. The molecule has 0 saturated heterocycles. The molecule has 1 aromatic carbocycles. The number of nitrogens with zero attached hydrogens (tertiary/aromatic N) is 1. The molecule has 0 fully saturated rings. The maximum absolute atomic E-state index is 12.0. The van der Waals surface area contributed by atoms with Gasteiger partial charge in [-0.05, 0) is 18.1 Å². The van der Waals surface area contributed by atoms with E-state index in [1.54, 1.807) is 26.3 Å². The van der Waals surface area contributed by atoms with Gasteiger partial charge in [0.05, 0.1) is 16.1 Å². The van der Waals surface area contributed by atoms with Crippen LogP contribution in [0.2, 0.25) is 10.0 Å². The van der Waals surface area contributed by atoms with Gasteiger partial charge in [-0.1, -0.05) is 35.3 Å². The molecule has 1 unspecified atom stereocenters. The maximum atomic E-state index is 12.0. The van der Waals surface area contributed by atoms with Gasteiger partial charge in [0.25, 0.3) is 0 Å². The van der Waals surface area contributed by atoms with Gasteiger partial charge in [-0.15, -0.1) is 0 Å². The second-order valence-corrected chi connectivity index (χ2v) is 5.08. The standard InChI is InChI=1S/C13H18Cl2N2O2/c1-17(13(18)11(16)6-7-19-2)8-9-4-3-5-10(14)12(9)15/h3-5,11H,6-8,16H2,1-2H3. The van der Waals surface area contributed by atoms with E-state index in [4.69, 9.17) is 33.7 Å². The molecule has 0 heterocycles. The Morgan fingerprint density at radius 1 is 1.47 bits per heavy atom. The van der Waals surface area contributed by atoms with Crippen LogP contribution in [0.5, 0.6) is 0 Å². The van der Waals surface area contributed by atoms with Gasteiger partial charge in [-0.2, -0.15) is 0 Å². The van der Waals surface area contributed by atoms with Crippen molar-refractivity contribution >= 4 is 29.1 Å². The zero-order chi connectivity index (χ0) is 14.4. The van der Waals surface area contributed by atoms with Gasteiger partial charge in [0, 0.05) is 27.3 Å². The summed E-state index contributed by atoms with van der Waals surface area (Å²) in [7, 11) is 3.26. The fraction of sp³-hybridized carbons (Fsp3) is 0.462. The third-order valence-electron chi connectivity index (χ3n) is 2.77. The van der Waals surface area contributed by atoms with E-state index in [0.29, 0.717) is 29.6 Å². The minimum absolute atomic E-state index is 0.145. The van der Waals surface area contributed by atoms with Crippen molar-refractivity contribution in [3.63, 3.8) is 0 Å². The first-order valence-corrected chi connectivity index (χ1v) is 6.65. The van der Waals surface area contributed by atoms with Gasteiger partial charge in [0.15, 0.2) is 0 Å². The average Bonchev–Trinajstić information content (AvgIpc) is 2.40. The number of ether oxygens (including phenoxy) is 1. The van der Waals surface area contributed by atoms with E-state index in [1.807, 2.05) is 6.07 Å². The van der Waals surface area contributed by atoms with Gasteiger partial charge >= 0.3 is 0 Å². The number of carbonyl (C=O) groups is 1. The summed E-state index contributed by atoms with van der Waals surface area (Å²) in [6.45, 7) is 0.831. The molecule has 0 aliphatic rings. The molecule has 0 aliphatic heterocycles. The smallest absolute Gasteiger partial charge is 0.239 e. The van der Waals surface area contributed by atoms with Gasteiger partial charge in [0.1, 0.15) is 0 Å². The first-order valence-electron chi connectivity index (χ1n) is 5.89. The monoisotopic (exact) mass is 304 g/mol. The Bertz CT molecular complexity index is 441. The highest BCUT2D eigenvalue weighted by Gasteiger charge is 2.18. The largest absolute Gasteiger partial charge is 0.385 e. The predicted molar refractivity (Wildman–Crippen MR) is 77.4 cm³/mol. The van der Waals surface area contributed by atoms with Crippen LogP contribution in [0, 0.1) is 0 Å². The molecule has 0 spiro atoms. The summed E-state index contributed by atoms with van der Waals surface area (Å²) in [5.74, 6) is -0.145. The van der Waals surface area contributed by atoms with Crippen LogP contribution in [0.1, 0.15) is 12.0 Å². The fourth-order valence-corrected chi connectivity index (χ4v) is 2.04. The molecule has 0 aliphatic carbocycles. The Balaban J connectivity index is 2.66. The molecular formula is C13H18Cl2N2O2. The SMILES string of the molecule is COCCC(N)C(=O)N(C)Cc1cccc(Cl)c1Cl. The van der Waals surface area contributed by atoms with Gasteiger partial charge < -0.3 is 15.4 Å². The highest BCUT2D eigenvalue weighted by atomic mass is 35.5. The molecule has 1 aromatic rings. The van der Waals surface area contributed by atoms with Crippen LogP contribution in [0.25, 0.3) is 0 Å². The van der Waals surface area contributed by atoms with E-state index in [9.17, 15) is 4.79 Å². The summed E-state index contributed by atoms with van der Waals surface area (Å²) in [5, 5.41) is 0.943. The Kier molecular flexibility index (Phi) is 6.58. The number of methoxy groups -OCH3 is 1. The summed E-state index contributed by atoms with van der Waals surface area (Å²) in [5.41, 5.74) is 6.59. The molecule has 4 nitrogen and oxygen atoms in total. The number of benzene rings is 1. The normalized spacial score (nSPS) is 12.3. The lowest BCUT2D eigenvalue weighted by Gasteiger charge is -2.22. The molecule has 0 bridgehead atoms. The second kappa shape index (κ2) is 7.70. The number of hydrogen-bond donors (Lipinski definition) is 1. The summed E-state index contributed by atoms with van der Waals surface area (Å²) < 4.78 is 4.91. The van der Waals surface area contributed by atoms with Crippen LogP contribution < -0.4 is 5.73 Å². The van der Waals surface area contributed by atoms with Crippen molar-refractivity contribution in [3.8, 4) is 0 Å². The molecule has 6 heteroatoms. The minimum Gasteiger partial charge on any atom is -0.385 e. The molecule has 106 valence electrons. The van der Waals surface area contributed by atoms with Crippen molar-refractivity contribution < 1.29 is 9.53 Å². The lowest BCUT2D eigenvalue weighted by molar-refractivity contribution is -0.132. The number of rotatable bonds is 6. The van der Waals surface area contributed by atoms with Crippen LogP contribution in [-0.4, -0.2) is 37.6 Å². The first-order chi connectivity index (χ1) is 8.97. The van der Waals surface area contributed by atoms with Crippen LogP contribution in [0.15, 0.2) is 18.2 Å². The lowest BCUT2D eigenvalue weighted by atomic mass is 10.1. The van der Waals surface area contributed by atoms with Crippen molar-refractivity contribution in [2.75, 3.05) is 20.8 Å². The van der Waals surface area contributed by atoms with E-state index in [2.05, 4.69) is 0 Å². The minimum atomic E-state index is -0.567. The second-order valence-electron chi connectivity index (χ2n) is 4.30. The zero-order valence-electron chi connectivity index (χ0n) is 11.0.